The number of hydrogen-bond acceptors (Lipinski definition) is 1. The van der Waals surface area contributed by atoms with Crippen molar-refractivity contribution in [3.63, 3.8) is 0 Å². The fourth-order valence-electron chi connectivity index (χ4n) is 0.882. The summed E-state index contributed by atoms with van der Waals surface area (Å²) in [5, 5.41) is 0. The van der Waals surface area contributed by atoms with E-state index in [9.17, 15) is 4.79 Å². The molecule has 68 valence electrons. The number of Topliss-reactive ketones (excluding diaryl/α,β-unsaturated/α-hetero) is 1. The minimum atomic E-state index is -0.184. The van der Waals surface area contributed by atoms with Crippen LogP contribution in [-0.2, 0) is 0 Å². The molecule has 1 nitrogen and oxygen atoms in total. The lowest BCUT2D eigenvalue weighted by molar-refractivity contribution is 0.105. The van der Waals surface area contributed by atoms with Crippen LogP contribution in [0.1, 0.15) is 23.7 Å². The second-order valence-corrected chi connectivity index (χ2v) is 2.60. The van der Waals surface area contributed by atoms with Gasteiger partial charge in [-0.15, -0.1) is 0 Å². The molecule has 0 aromatic heterocycles. The molecule has 0 amide bonds. The summed E-state index contributed by atoms with van der Waals surface area (Å²) in [6, 6.07) is 8.97. The van der Waals surface area contributed by atoms with Gasteiger partial charge in [-0.1, -0.05) is 43.2 Å². The van der Waals surface area contributed by atoms with Crippen molar-refractivity contribution in [1.29, 1.82) is 0 Å². The van der Waals surface area contributed by atoms with Crippen LogP contribution in [0.5, 0.6) is 0 Å². The Kier molecular flexibility index (Phi) is 4.05. The Morgan fingerprint density at radius 3 is 2.57 bits per heavy atom. The Labute approximate surface area is 84.1 Å². The van der Waals surface area contributed by atoms with Crippen LogP contribution >= 0.6 is 0 Å². The van der Waals surface area contributed by atoms with Crippen molar-refractivity contribution in [2.75, 3.05) is 0 Å². The normalized spacial score (nSPS) is 7.79. The number of hydrogen-bond donors (Lipinski definition) is 0. The van der Waals surface area contributed by atoms with Crippen molar-refractivity contribution in [3.05, 3.63) is 35.9 Å². The third-order valence-corrected chi connectivity index (χ3v) is 1.54. The summed E-state index contributed by atoms with van der Waals surface area (Å²) in [5.74, 6) is 10.2. The van der Waals surface area contributed by atoms with Crippen molar-refractivity contribution in [2.24, 2.45) is 0 Å². The van der Waals surface area contributed by atoms with Crippen molar-refractivity contribution in [1.82, 2.24) is 0 Å². The molecule has 0 fully saturated rings. The molecule has 0 saturated heterocycles. The molecular weight excluding hydrogens is 172 g/mol. The average molecular weight is 182 g/mol. The van der Waals surface area contributed by atoms with Gasteiger partial charge in [0.2, 0.25) is 5.78 Å². The molecule has 0 N–H and O–H groups in total. The van der Waals surface area contributed by atoms with Gasteiger partial charge in [0.25, 0.3) is 0 Å². The molecule has 1 heteroatoms. The Balaban J connectivity index is 2.72. The quantitative estimate of drug-likeness (QED) is 0.370. The molecule has 0 unspecified atom stereocenters. The van der Waals surface area contributed by atoms with Gasteiger partial charge in [0.05, 0.1) is 0 Å². The molecule has 1 aromatic rings. The highest BCUT2D eigenvalue weighted by Gasteiger charge is 1.97. The van der Waals surface area contributed by atoms with Crippen molar-refractivity contribution < 1.29 is 4.79 Å². The first-order chi connectivity index (χ1) is 6.84. The van der Waals surface area contributed by atoms with Gasteiger partial charge in [-0.3, -0.25) is 4.79 Å². The molecule has 1 rings (SSSR count). The molecule has 0 saturated carbocycles. The van der Waals surface area contributed by atoms with Crippen LogP contribution in [0, 0.1) is 23.7 Å². The monoisotopic (exact) mass is 182 g/mol. The molecule has 1 aromatic carbocycles. The maximum absolute atomic E-state index is 11.4. The van der Waals surface area contributed by atoms with Gasteiger partial charge in [-0.25, -0.2) is 0 Å². The Morgan fingerprint density at radius 2 is 1.93 bits per heavy atom. The summed E-state index contributed by atoms with van der Waals surface area (Å²) in [7, 11) is 0. The van der Waals surface area contributed by atoms with Gasteiger partial charge in [-0.05, 0) is 17.8 Å². The summed E-state index contributed by atoms with van der Waals surface area (Å²) in [6.45, 7) is 1.94. The van der Waals surface area contributed by atoms with Crippen LogP contribution in [0.15, 0.2) is 30.3 Å². The first kappa shape index (κ1) is 10.1. The van der Waals surface area contributed by atoms with E-state index in [1.165, 1.54) is 0 Å². The van der Waals surface area contributed by atoms with Crippen molar-refractivity contribution in [2.45, 2.75) is 13.3 Å². The van der Waals surface area contributed by atoms with Gasteiger partial charge >= 0.3 is 0 Å². The zero-order valence-corrected chi connectivity index (χ0v) is 8.00. The van der Waals surface area contributed by atoms with Gasteiger partial charge in [0, 0.05) is 12.0 Å². The lowest BCUT2D eigenvalue weighted by Gasteiger charge is -1.89. The molecule has 14 heavy (non-hydrogen) atoms. The third-order valence-electron chi connectivity index (χ3n) is 1.54. The third kappa shape index (κ3) is 3.17. The fourth-order valence-corrected chi connectivity index (χ4v) is 0.882. The SMILES string of the molecule is CCC#CC#CC(=O)c1ccccc1. The number of rotatable bonds is 1. The summed E-state index contributed by atoms with van der Waals surface area (Å²) < 4.78 is 0. The summed E-state index contributed by atoms with van der Waals surface area (Å²) in [4.78, 5) is 11.4. The van der Waals surface area contributed by atoms with E-state index in [-0.39, 0.29) is 5.78 Å². The van der Waals surface area contributed by atoms with Gasteiger partial charge in [0.1, 0.15) is 0 Å². The lowest BCUT2D eigenvalue weighted by atomic mass is 10.1. The van der Waals surface area contributed by atoms with E-state index in [2.05, 4.69) is 23.7 Å². The largest absolute Gasteiger partial charge is 0.279 e. The van der Waals surface area contributed by atoms with E-state index in [1.807, 2.05) is 25.1 Å². The number of benzene rings is 1. The van der Waals surface area contributed by atoms with E-state index >= 15 is 0 Å². The van der Waals surface area contributed by atoms with Gasteiger partial charge < -0.3 is 0 Å². The van der Waals surface area contributed by atoms with E-state index in [1.54, 1.807) is 12.1 Å². The van der Waals surface area contributed by atoms with Crippen molar-refractivity contribution >= 4 is 5.78 Å². The lowest BCUT2D eigenvalue weighted by Crippen LogP contribution is -1.92. The van der Waals surface area contributed by atoms with Gasteiger partial charge in [-0.2, -0.15) is 0 Å². The summed E-state index contributed by atoms with van der Waals surface area (Å²) in [6.07, 6.45) is 0.758. The molecule has 0 aliphatic rings. The van der Waals surface area contributed by atoms with Crippen LogP contribution in [0.3, 0.4) is 0 Å². The van der Waals surface area contributed by atoms with E-state index < -0.39 is 0 Å². The Bertz CT molecular complexity index is 421. The molecule has 0 aliphatic carbocycles. The Morgan fingerprint density at radius 1 is 1.21 bits per heavy atom. The minimum Gasteiger partial charge on any atom is -0.279 e. The number of ketones is 1. The zero-order chi connectivity index (χ0) is 10.2. The zero-order valence-electron chi connectivity index (χ0n) is 8.00. The van der Waals surface area contributed by atoms with Crippen LogP contribution < -0.4 is 0 Å². The topological polar surface area (TPSA) is 17.1 Å². The van der Waals surface area contributed by atoms with Crippen LogP contribution in [0.25, 0.3) is 0 Å². The number of carbonyl (C=O) groups excluding carboxylic acids is 1. The highest BCUT2D eigenvalue weighted by Crippen LogP contribution is 1.98. The van der Waals surface area contributed by atoms with E-state index in [4.69, 9.17) is 0 Å². The molecule has 0 bridgehead atoms. The van der Waals surface area contributed by atoms with Crippen LogP contribution in [-0.4, -0.2) is 5.78 Å². The highest BCUT2D eigenvalue weighted by molar-refractivity contribution is 6.09. The summed E-state index contributed by atoms with van der Waals surface area (Å²) in [5.41, 5.74) is 0.610. The minimum absolute atomic E-state index is 0.184. The smallest absolute Gasteiger partial charge is 0.236 e. The molecule has 0 atom stereocenters. The van der Waals surface area contributed by atoms with Crippen LogP contribution in [0.4, 0.5) is 0 Å². The molecule has 0 radical (unpaired) electrons. The maximum atomic E-state index is 11.4. The first-order valence-corrected chi connectivity index (χ1v) is 4.43. The Hall–Kier alpha value is -1.99. The van der Waals surface area contributed by atoms with Gasteiger partial charge in [0.15, 0.2) is 0 Å². The predicted octanol–water partition coefficient (Wildman–Crippen LogP) is 2.29. The summed E-state index contributed by atoms with van der Waals surface area (Å²) >= 11 is 0. The standard InChI is InChI=1S/C13H10O/c1-2-3-4-8-11-13(14)12-9-6-5-7-10-12/h5-7,9-10H,2H2,1H3. The maximum Gasteiger partial charge on any atom is 0.236 e. The predicted molar refractivity (Wildman–Crippen MR) is 56.6 cm³/mol. The highest BCUT2D eigenvalue weighted by atomic mass is 16.1. The van der Waals surface area contributed by atoms with Crippen molar-refractivity contribution in [3.8, 4) is 23.7 Å². The molecule has 0 spiro atoms. The molecular formula is C13H10O. The molecule has 0 heterocycles. The first-order valence-electron chi connectivity index (χ1n) is 4.43. The fraction of sp³-hybridized carbons (Fsp3) is 0.154. The molecule has 0 aliphatic heterocycles. The van der Waals surface area contributed by atoms with E-state index in [0.717, 1.165) is 6.42 Å². The second-order valence-electron chi connectivity index (χ2n) is 2.60. The second kappa shape index (κ2) is 5.62. The number of carbonyl (C=O) groups is 1. The average Bonchev–Trinajstić information content (AvgIpc) is 2.25. The van der Waals surface area contributed by atoms with E-state index in [0.29, 0.717) is 5.56 Å². The van der Waals surface area contributed by atoms with Crippen LogP contribution in [0.2, 0.25) is 0 Å².